The fourth-order valence-electron chi connectivity index (χ4n) is 4.34. The Morgan fingerprint density at radius 1 is 0.944 bits per heavy atom. The summed E-state index contributed by atoms with van der Waals surface area (Å²) >= 11 is 0. The summed E-state index contributed by atoms with van der Waals surface area (Å²) in [5.74, 6) is 2.38. The molecule has 1 aliphatic heterocycles. The van der Waals surface area contributed by atoms with E-state index in [-0.39, 0.29) is 17.9 Å². The molecule has 1 fully saturated rings. The monoisotopic (exact) mass is 482 g/mol. The normalized spacial score (nSPS) is 15.0. The van der Waals surface area contributed by atoms with Gasteiger partial charge in [0.1, 0.15) is 17.3 Å². The molecule has 5 rings (SSSR count). The van der Waals surface area contributed by atoms with Gasteiger partial charge in [0.25, 0.3) is 5.91 Å². The third kappa shape index (κ3) is 5.23. The van der Waals surface area contributed by atoms with Crippen LogP contribution >= 0.6 is 0 Å². The maximum absolute atomic E-state index is 13.1. The molecule has 0 spiro atoms. The zero-order valence-electron chi connectivity index (χ0n) is 20.5. The minimum atomic E-state index is -0.185. The number of nitrogens with zero attached hydrogens (tertiary/aromatic N) is 4. The van der Waals surface area contributed by atoms with Gasteiger partial charge in [0.15, 0.2) is 0 Å². The van der Waals surface area contributed by atoms with Crippen molar-refractivity contribution in [2.75, 3.05) is 43.9 Å². The lowest BCUT2D eigenvalue weighted by Gasteiger charge is -2.33. The molecule has 1 atom stereocenters. The number of rotatable bonds is 6. The lowest BCUT2D eigenvalue weighted by molar-refractivity contribution is 0.0940. The van der Waals surface area contributed by atoms with Gasteiger partial charge in [0, 0.05) is 37.1 Å². The summed E-state index contributed by atoms with van der Waals surface area (Å²) in [6.45, 7) is 5.62. The van der Waals surface area contributed by atoms with Crippen molar-refractivity contribution < 1.29 is 9.53 Å². The lowest BCUT2D eigenvalue weighted by Crippen LogP contribution is -2.45. The second-order valence-corrected chi connectivity index (χ2v) is 9.11. The fraction of sp³-hybridized carbons (Fsp3) is 0.250. The van der Waals surface area contributed by atoms with E-state index >= 15 is 0 Å². The summed E-state index contributed by atoms with van der Waals surface area (Å²) in [6, 6.07) is 22.7. The number of hydrogen-bond donors (Lipinski definition) is 2. The zero-order valence-corrected chi connectivity index (χ0v) is 20.5. The van der Waals surface area contributed by atoms with E-state index in [9.17, 15) is 4.79 Å². The van der Waals surface area contributed by atoms with Gasteiger partial charge >= 0.3 is 0 Å². The van der Waals surface area contributed by atoms with Crippen LogP contribution in [0.25, 0.3) is 10.9 Å². The number of nitrogens with two attached hydrogens (primary N) is 1. The van der Waals surface area contributed by atoms with Crippen LogP contribution < -0.4 is 20.7 Å². The average molecular weight is 483 g/mol. The van der Waals surface area contributed by atoms with Crippen LogP contribution in [0.4, 0.5) is 11.8 Å². The first-order valence-corrected chi connectivity index (χ1v) is 12.1. The Morgan fingerprint density at radius 3 is 2.36 bits per heavy atom. The molecule has 4 aromatic rings. The second kappa shape index (κ2) is 10.2. The molecule has 36 heavy (non-hydrogen) atoms. The molecule has 1 aliphatic rings. The Bertz CT molecular complexity index is 1350. The molecule has 3 N–H and O–H groups in total. The third-order valence-electron chi connectivity index (χ3n) is 6.47. The van der Waals surface area contributed by atoms with Crippen LogP contribution in [0.1, 0.15) is 28.9 Å². The van der Waals surface area contributed by atoms with Gasteiger partial charge in [0.2, 0.25) is 5.95 Å². The number of nitrogens with one attached hydrogen (secondary N) is 1. The van der Waals surface area contributed by atoms with Gasteiger partial charge in [-0.3, -0.25) is 4.79 Å². The van der Waals surface area contributed by atoms with E-state index in [1.54, 1.807) is 6.07 Å². The molecular formula is C28H30N6O2. The number of carbonyl (C=O) groups excluding carboxylic acids is 1. The highest BCUT2D eigenvalue weighted by Crippen LogP contribution is 2.27. The van der Waals surface area contributed by atoms with Gasteiger partial charge in [-0.15, -0.1) is 0 Å². The van der Waals surface area contributed by atoms with Crippen molar-refractivity contribution in [1.82, 2.24) is 20.2 Å². The predicted molar refractivity (Wildman–Crippen MR) is 142 cm³/mol. The molecule has 1 saturated heterocycles. The van der Waals surface area contributed by atoms with Crippen molar-refractivity contribution in [2.24, 2.45) is 0 Å². The Kier molecular flexibility index (Phi) is 6.69. The number of ether oxygens (including phenoxy) is 1. The Hall–Kier alpha value is -4.17. The summed E-state index contributed by atoms with van der Waals surface area (Å²) in [5, 5.41) is 3.97. The van der Waals surface area contributed by atoms with Crippen molar-refractivity contribution in [3.05, 3.63) is 83.9 Å². The quantitative estimate of drug-likeness (QED) is 0.424. The first-order chi connectivity index (χ1) is 17.5. The first kappa shape index (κ1) is 23.6. The van der Waals surface area contributed by atoms with Crippen molar-refractivity contribution in [3.8, 4) is 11.5 Å². The van der Waals surface area contributed by atoms with Crippen LogP contribution in [0.5, 0.6) is 11.5 Å². The summed E-state index contributed by atoms with van der Waals surface area (Å²) in [5.41, 5.74) is 8.21. The molecule has 1 amide bonds. The standard InChI is InChI=1S/C28H30N6O2/c1-19(20-8-11-23(12-9-20)36-22-6-4-3-5-7-22)30-27(35)21-10-13-24-25(18-21)31-28(29)32-26(24)34-16-14-33(2)15-17-34/h3-13,18-19H,14-17H2,1-2H3,(H,30,35)(H2,29,31,32)/t19-/m1/s1. The number of piperazine rings is 1. The van der Waals surface area contributed by atoms with E-state index in [0.717, 1.165) is 54.4 Å². The van der Waals surface area contributed by atoms with Crippen LogP contribution in [0.2, 0.25) is 0 Å². The molecule has 184 valence electrons. The van der Waals surface area contributed by atoms with E-state index in [1.807, 2.05) is 73.7 Å². The van der Waals surface area contributed by atoms with Crippen molar-refractivity contribution in [3.63, 3.8) is 0 Å². The summed E-state index contributed by atoms with van der Waals surface area (Å²) in [7, 11) is 2.11. The topological polar surface area (TPSA) is 96.6 Å². The van der Waals surface area contributed by atoms with E-state index in [1.165, 1.54) is 0 Å². The number of benzene rings is 3. The van der Waals surface area contributed by atoms with Crippen molar-refractivity contribution in [2.45, 2.75) is 13.0 Å². The van der Waals surface area contributed by atoms with Gasteiger partial charge in [-0.25, -0.2) is 4.98 Å². The molecule has 0 unspecified atom stereocenters. The molecule has 8 heteroatoms. The van der Waals surface area contributed by atoms with E-state index in [4.69, 9.17) is 10.5 Å². The van der Waals surface area contributed by atoms with Gasteiger partial charge < -0.3 is 25.6 Å². The zero-order chi connectivity index (χ0) is 25.1. The smallest absolute Gasteiger partial charge is 0.251 e. The Balaban J connectivity index is 1.29. The van der Waals surface area contributed by atoms with E-state index in [2.05, 4.69) is 32.1 Å². The number of para-hydroxylation sites is 1. The highest BCUT2D eigenvalue weighted by atomic mass is 16.5. The minimum Gasteiger partial charge on any atom is -0.457 e. The van der Waals surface area contributed by atoms with Gasteiger partial charge in [-0.05, 0) is 62.0 Å². The molecule has 0 bridgehead atoms. The Labute approximate surface area is 210 Å². The largest absolute Gasteiger partial charge is 0.457 e. The average Bonchev–Trinajstić information content (AvgIpc) is 2.89. The molecule has 3 aromatic carbocycles. The van der Waals surface area contributed by atoms with Crippen LogP contribution in [0.15, 0.2) is 72.8 Å². The summed E-state index contributed by atoms with van der Waals surface area (Å²) < 4.78 is 5.86. The predicted octanol–water partition coefficient (Wildman–Crippen LogP) is 4.25. The highest BCUT2D eigenvalue weighted by Gasteiger charge is 2.20. The number of amides is 1. The molecule has 0 saturated carbocycles. The molecule has 1 aromatic heterocycles. The number of anilines is 2. The minimum absolute atomic E-state index is 0.174. The SMILES string of the molecule is C[C@@H](NC(=O)c1ccc2c(N3CCN(C)CC3)nc(N)nc2c1)c1ccc(Oc2ccccc2)cc1. The molecule has 8 nitrogen and oxygen atoms in total. The number of likely N-dealkylation sites (N-methyl/N-ethyl adjacent to an activating group) is 1. The molecule has 0 aliphatic carbocycles. The number of fused-ring (bicyclic) bond motifs is 1. The number of aromatic nitrogens is 2. The van der Waals surface area contributed by atoms with Crippen LogP contribution in [-0.4, -0.2) is 54.0 Å². The summed E-state index contributed by atoms with van der Waals surface area (Å²) in [6.07, 6.45) is 0. The number of carbonyl (C=O) groups is 1. The lowest BCUT2D eigenvalue weighted by atomic mass is 10.1. The van der Waals surface area contributed by atoms with Gasteiger partial charge in [-0.1, -0.05) is 30.3 Å². The molecule has 0 radical (unpaired) electrons. The summed E-state index contributed by atoms with van der Waals surface area (Å²) in [4.78, 5) is 26.5. The Morgan fingerprint density at radius 2 is 1.64 bits per heavy atom. The highest BCUT2D eigenvalue weighted by molar-refractivity contribution is 6.00. The first-order valence-electron chi connectivity index (χ1n) is 12.1. The van der Waals surface area contributed by atoms with Crippen molar-refractivity contribution in [1.29, 1.82) is 0 Å². The second-order valence-electron chi connectivity index (χ2n) is 9.11. The number of hydrogen-bond acceptors (Lipinski definition) is 7. The van der Waals surface area contributed by atoms with Crippen LogP contribution in [-0.2, 0) is 0 Å². The molecular weight excluding hydrogens is 452 g/mol. The maximum Gasteiger partial charge on any atom is 0.251 e. The fourth-order valence-corrected chi connectivity index (χ4v) is 4.34. The number of nitrogen functional groups attached to an aromatic ring is 1. The van der Waals surface area contributed by atoms with Gasteiger partial charge in [-0.2, -0.15) is 4.98 Å². The van der Waals surface area contributed by atoms with Crippen LogP contribution in [0.3, 0.4) is 0 Å². The maximum atomic E-state index is 13.1. The van der Waals surface area contributed by atoms with E-state index in [0.29, 0.717) is 11.1 Å². The molecule has 2 heterocycles. The van der Waals surface area contributed by atoms with Gasteiger partial charge in [0.05, 0.1) is 11.6 Å². The van der Waals surface area contributed by atoms with Crippen molar-refractivity contribution >= 4 is 28.6 Å². The van der Waals surface area contributed by atoms with Crippen LogP contribution in [0, 0.1) is 0 Å². The third-order valence-corrected chi connectivity index (χ3v) is 6.47. The van der Waals surface area contributed by atoms with E-state index < -0.39 is 0 Å².